The predicted octanol–water partition coefficient (Wildman–Crippen LogP) is 0.912. The molecule has 1 saturated heterocycles. The summed E-state index contributed by atoms with van der Waals surface area (Å²) in [6.07, 6.45) is 3.44. The molecule has 0 bridgehead atoms. The van der Waals surface area contributed by atoms with E-state index >= 15 is 0 Å². The van der Waals surface area contributed by atoms with Crippen LogP contribution in [-0.4, -0.2) is 23.5 Å². The second-order valence-corrected chi connectivity index (χ2v) is 3.05. The fourth-order valence-electron chi connectivity index (χ4n) is 1.19. The van der Waals surface area contributed by atoms with Crippen LogP contribution in [0.25, 0.3) is 0 Å². The van der Waals surface area contributed by atoms with Crippen molar-refractivity contribution in [2.45, 2.75) is 39.3 Å². The van der Waals surface area contributed by atoms with Gasteiger partial charge in [-0.3, -0.25) is 0 Å². The SMILES string of the molecule is CCC1NN1CCCC(C)=O. The molecule has 1 heterocycles. The van der Waals surface area contributed by atoms with Gasteiger partial charge >= 0.3 is 0 Å². The lowest BCUT2D eigenvalue weighted by Crippen LogP contribution is -2.06. The van der Waals surface area contributed by atoms with Crippen LogP contribution in [0, 0.1) is 0 Å². The van der Waals surface area contributed by atoms with Crippen LogP contribution < -0.4 is 5.43 Å². The second kappa shape index (κ2) is 3.83. The van der Waals surface area contributed by atoms with Crippen molar-refractivity contribution in [1.82, 2.24) is 10.4 Å². The molecular formula is C8H16N2O. The lowest BCUT2D eigenvalue weighted by Gasteiger charge is -1.97. The number of Topliss-reactive ketones (excluding diaryl/α,β-unsaturated/α-hetero) is 1. The van der Waals surface area contributed by atoms with Crippen LogP contribution in [0.15, 0.2) is 0 Å². The highest BCUT2D eigenvalue weighted by Crippen LogP contribution is 2.12. The van der Waals surface area contributed by atoms with Gasteiger partial charge < -0.3 is 4.79 Å². The molecule has 1 fully saturated rings. The Morgan fingerprint density at radius 3 is 2.82 bits per heavy atom. The van der Waals surface area contributed by atoms with Gasteiger partial charge in [0.2, 0.25) is 0 Å². The van der Waals surface area contributed by atoms with E-state index in [0.717, 1.165) is 19.4 Å². The molecule has 1 rings (SSSR count). The van der Waals surface area contributed by atoms with E-state index in [1.54, 1.807) is 6.92 Å². The third-order valence-electron chi connectivity index (χ3n) is 1.94. The summed E-state index contributed by atoms with van der Waals surface area (Å²) in [6, 6.07) is 0. The smallest absolute Gasteiger partial charge is 0.129 e. The van der Waals surface area contributed by atoms with Gasteiger partial charge in [0.15, 0.2) is 0 Å². The van der Waals surface area contributed by atoms with Crippen molar-refractivity contribution in [3.05, 3.63) is 0 Å². The van der Waals surface area contributed by atoms with Crippen molar-refractivity contribution in [3.63, 3.8) is 0 Å². The first-order valence-corrected chi connectivity index (χ1v) is 4.26. The first kappa shape index (κ1) is 8.68. The maximum Gasteiger partial charge on any atom is 0.129 e. The molecule has 0 radical (unpaired) electrons. The van der Waals surface area contributed by atoms with E-state index in [1.807, 2.05) is 0 Å². The summed E-state index contributed by atoms with van der Waals surface area (Å²) in [6.45, 7) is 4.81. The van der Waals surface area contributed by atoms with Crippen molar-refractivity contribution < 1.29 is 4.79 Å². The molecule has 0 aromatic rings. The summed E-state index contributed by atoms with van der Waals surface area (Å²) in [7, 11) is 0. The van der Waals surface area contributed by atoms with E-state index in [1.165, 1.54) is 0 Å². The van der Waals surface area contributed by atoms with Crippen molar-refractivity contribution in [1.29, 1.82) is 0 Å². The molecule has 1 N–H and O–H groups in total. The molecule has 1 aliphatic heterocycles. The average Bonchev–Trinajstić information content (AvgIpc) is 2.66. The number of ketones is 1. The van der Waals surface area contributed by atoms with Crippen molar-refractivity contribution in [3.8, 4) is 0 Å². The topological polar surface area (TPSA) is 42.0 Å². The minimum atomic E-state index is 0.292. The lowest BCUT2D eigenvalue weighted by atomic mass is 10.2. The maximum atomic E-state index is 10.6. The zero-order chi connectivity index (χ0) is 8.27. The van der Waals surface area contributed by atoms with Gasteiger partial charge in [-0.05, 0) is 19.8 Å². The summed E-state index contributed by atoms with van der Waals surface area (Å²) in [5.74, 6) is 0.292. The van der Waals surface area contributed by atoms with Crippen LogP contribution in [0.1, 0.15) is 33.1 Å². The van der Waals surface area contributed by atoms with Gasteiger partial charge in [0.05, 0.1) is 6.17 Å². The molecule has 64 valence electrons. The average molecular weight is 156 g/mol. The van der Waals surface area contributed by atoms with E-state index in [-0.39, 0.29) is 0 Å². The quantitative estimate of drug-likeness (QED) is 0.602. The molecule has 1 aliphatic rings. The Morgan fingerprint density at radius 2 is 2.36 bits per heavy atom. The van der Waals surface area contributed by atoms with E-state index in [2.05, 4.69) is 17.4 Å². The number of carbonyl (C=O) groups is 1. The molecule has 0 amide bonds. The third kappa shape index (κ3) is 2.99. The largest absolute Gasteiger partial charge is 0.300 e. The van der Waals surface area contributed by atoms with E-state index < -0.39 is 0 Å². The molecule has 0 aromatic carbocycles. The van der Waals surface area contributed by atoms with Crippen LogP contribution in [0.5, 0.6) is 0 Å². The summed E-state index contributed by atoms with van der Waals surface area (Å²) < 4.78 is 0. The first-order chi connectivity index (χ1) is 5.24. The molecule has 0 spiro atoms. The first-order valence-electron chi connectivity index (χ1n) is 4.26. The fourth-order valence-corrected chi connectivity index (χ4v) is 1.19. The number of hydrogen-bond acceptors (Lipinski definition) is 3. The van der Waals surface area contributed by atoms with Crippen LogP contribution >= 0.6 is 0 Å². The number of hydrazine groups is 1. The molecular weight excluding hydrogens is 140 g/mol. The molecule has 0 saturated carbocycles. The van der Waals surface area contributed by atoms with E-state index in [9.17, 15) is 4.79 Å². The highest BCUT2D eigenvalue weighted by atomic mass is 16.1. The van der Waals surface area contributed by atoms with Gasteiger partial charge in [-0.2, -0.15) is 0 Å². The monoisotopic (exact) mass is 156 g/mol. The van der Waals surface area contributed by atoms with Crippen molar-refractivity contribution in [2.75, 3.05) is 6.54 Å². The Bertz CT molecular complexity index is 147. The normalized spacial score (nSPS) is 28.5. The van der Waals surface area contributed by atoms with Crippen LogP contribution in [0.3, 0.4) is 0 Å². The van der Waals surface area contributed by atoms with E-state index in [0.29, 0.717) is 18.4 Å². The van der Waals surface area contributed by atoms with Crippen LogP contribution in [-0.2, 0) is 4.79 Å². The van der Waals surface area contributed by atoms with Gasteiger partial charge in [-0.25, -0.2) is 10.4 Å². The Hall–Kier alpha value is -0.410. The number of nitrogens with zero attached hydrogens (tertiary/aromatic N) is 1. The maximum absolute atomic E-state index is 10.6. The fraction of sp³-hybridized carbons (Fsp3) is 0.875. The molecule has 2 atom stereocenters. The van der Waals surface area contributed by atoms with Crippen LogP contribution in [0.4, 0.5) is 0 Å². The molecule has 3 heteroatoms. The minimum Gasteiger partial charge on any atom is -0.300 e. The molecule has 2 unspecified atom stereocenters. The zero-order valence-corrected chi connectivity index (χ0v) is 7.26. The zero-order valence-electron chi connectivity index (χ0n) is 7.26. The minimum absolute atomic E-state index is 0.292. The Labute approximate surface area is 67.7 Å². The summed E-state index contributed by atoms with van der Waals surface area (Å²) >= 11 is 0. The van der Waals surface area contributed by atoms with Gasteiger partial charge in [0, 0.05) is 13.0 Å². The third-order valence-corrected chi connectivity index (χ3v) is 1.94. The summed E-state index contributed by atoms with van der Waals surface area (Å²) in [5, 5.41) is 2.18. The van der Waals surface area contributed by atoms with Gasteiger partial charge in [0.25, 0.3) is 0 Å². The molecule has 11 heavy (non-hydrogen) atoms. The van der Waals surface area contributed by atoms with Gasteiger partial charge in [0.1, 0.15) is 5.78 Å². The second-order valence-electron chi connectivity index (χ2n) is 3.05. The molecule has 3 nitrogen and oxygen atoms in total. The lowest BCUT2D eigenvalue weighted by molar-refractivity contribution is -0.117. The summed E-state index contributed by atoms with van der Waals surface area (Å²) in [4.78, 5) is 10.6. The van der Waals surface area contributed by atoms with Gasteiger partial charge in [-0.15, -0.1) is 0 Å². The Kier molecular flexibility index (Phi) is 3.02. The Balaban J connectivity index is 1.93. The predicted molar refractivity (Wildman–Crippen MR) is 43.8 cm³/mol. The highest BCUT2D eigenvalue weighted by molar-refractivity contribution is 5.75. The number of carbonyl (C=O) groups excluding carboxylic acids is 1. The van der Waals surface area contributed by atoms with Gasteiger partial charge in [-0.1, -0.05) is 6.92 Å². The van der Waals surface area contributed by atoms with Crippen molar-refractivity contribution >= 4 is 5.78 Å². The number of nitrogens with one attached hydrogen (secondary N) is 1. The standard InChI is InChI=1S/C8H16N2O/c1-3-8-9-10(8)6-4-5-7(2)11/h8-9H,3-6H2,1-2H3. The molecule has 0 aromatic heterocycles. The number of hydrogen-bond donors (Lipinski definition) is 1. The van der Waals surface area contributed by atoms with Crippen molar-refractivity contribution in [2.24, 2.45) is 0 Å². The summed E-state index contributed by atoms with van der Waals surface area (Å²) in [5.41, 5.74) is 3.21. The van der Waals surface area contributed by atoms with Crippen LogP contribution in [0.2, 0.25) is 0 Å². The number of rotatable bonds is 5. The highest BCUT2D eigenvalue weighted by Gasteiger charge is 2.29. The van der Waals surface area contributed by atoms with E-state index in [4.69, 9.17) is 0 Å². The molecule has 0 aliphatic carbocycles. The Morgan fingerprint density at radius 1 is 1.64 bits per heavy atom.